The zero-order valence-corrected chi connectivity index (χ0v) is 16.9. The highest BCUT2D eigenvalue weighted by Gasteiger charge is 2.25. The number of likely N-dealkylation sites (tertiary alicyclic amines) is 1. The van der Waals surface area contributed by atoms with Crippen LogP contribution in [0.2, 0.25) is 0 Å². The van der Waals surface area contributed by atoms with E-state index in [1.807, 2.05) is 36.6 Å². The molecule has 9 heteroatoms. The molecule has 146 valence electrons. The molecule has 0 aliphatic carbocycles. The average molecular weight is 409 g/mol. The summed E-state index contributed by atoms with van der Waals surface area (Å²) in [6, 6.07) is 7.34. The maximum absolute atomic E-state index is 12.4. The smallest absolute Gasteiger partial charge is 0.321 e. The Morgan fingerprint density at radius 1 is 1.26 bits per heavy atom. The summed E-state index contributed by atoms with van der Waals surface area (Å²) in [5, 5.41) is 5.77. The number of piperidine rings is 1. The molecule has 1 aromatic carbocycles. The molecule has 2 aromatic rings. The number of carbonyl (C=O) groups excluding carboxylic acids is 1. The van der Waals surface area contributed by atoms with Gasteiger partial charge in [0.1, 0.15) is 5.01 Å². The van der Waals surface area contributed by atoms with Crippen LogP contribution in [-0.2, 0) is 10.0 Å². The molecule has 0 unspecified atom stereocenters. The van der Waals surface area contributed by atoms with Gasteiger partial charge < -0.3 is 10.2 Å². The zero-order valence-electron chi connectivity index (χ0n) is 15.2. The highest BCUT2D eigenvalue weighted by atomic mass is 32.2. The second kappa shape index (κ2) is 8.81. The number of benzene rings is 1. The van der Waals surface area contributed by atoms with E-state index in [1.54, 1.807) is 22.4 Å². The van der Waals surface area contributed by atoms with Gasteiger partial charge in [-0.1, -0.05) is 6.92 Å². The third kappa shape index (κ3) is 5.50. The average Bonchev–Trinajstić information content (AvgIpc) is 3.17. The van der Waals surface area contributed by atoms with Crippen LogP contribution >= 0.6 is 11.3 Å². The molecule has 1 aliphatic heterocycles. The van der Waals surface area contributed by atoms with Crippen molar-refractivity contribution in [2.24, 2.45) is 0 Å². The van der Waals surface area contributed by atoms with Crippen LogP contribution < -0.4 is 10.0 Å². The van der Waals surface area contributed by atoms with Crippen molar-refractivity contribution in [3.05, 3.63) is 35.8 Å². The van der Waals surface area contributed by atoms with Crippen LogP contribution in [0.15, 0.2) is 35.8 Å². The minimum absolute atomic E-state index is 0.0943. The number of urea groups is 1. The van der Waals surface area contributed by atoms with Gasteiger partial charge in [-0.15, -0.1) is 11.3 Å². The summed E-state index contributed by atoms with van der Waals surface area (Å²) >= 11 is 1.57. The lowest BCUT2D eigenvalue weighted by atomic mass is 10.1. The predicted molar refractivity (Wildman–Crippen MR) is 108 cm³/mol. The zero-order chi connectivity index (χ0) is 19.3. The Labute approximate surface area is 163 Å². The summed E-state index contributed by atoms with van der Waals surface area (Å²) < 4.78 is 26.5. The maximum atomic E-state index is 12.4. The van der Waals surface area contributed by atoms with Crippen molar-refractivity contribution in [1.82, 2.24) is 14.6 Å². The van der Waals surface area contributed by atoms with Gasteiger partial charge in [0.25, 0.3) is 0 Å². The number of rotatable bonds is 6. The fourth-order valence-corrected chi connectivity index (χ4v) is 5.09. The van der Waals surface area contributed by atoms with Crippen LogP contribution in [-0.4, -0.2) is 49.2 Å². The Balaban J connectivity index is 1.49. The summed E-state index contributed by atoms with van der Waals surface area (Å²) in [5.41, 5.74) is 1.74. The molecule has 1 aromatic heterocycles. The molecule has 0 atom stereocenters. The van der Waals surface area contributed by atoms with E-state index >= 15 is 0 Å². The SMILES string of the molecule is CCCS(=O)(=O)NC1CCN(C(=O)Nc2ccc(-c3nccs3)cc2)CC1. The highest BCUT2D eigenvalue weighted by Crippen LogP contribution is 2.23. The van der Waals surface area contributed by atoms with E-state index < -0.39 is 10.0 Å². The fourth-order valence-electron chi connectivity index (χ4n) is 3.05. The number of amides is 2. The molecule has 1 aliphatic rings. The fraction of sp³-hybridized carbons (Fsp3) is 0.444. The van der Waals surface area contributed by atoms with Gasteiger partial charge in [-0.3, -0.25) is 0 Å². The maximum Gasteiger partial charge on any atom is 0.321 e. The molecule has 27 heavy (non-hydrogen) atoms. The second-order valence-electron chi connectivity index (χ2n) is 6.54. The third-order valence-electron chi connectivity index (χ3n) is 4.42. The first-order chi connectivity index (χ1) is 13.0. The van der Waals surface area contributed by atoms with Crippen LogP contribution in [0, 0.1) is 0 Å². The standard InChI is InChI=1S/C18H24N4O3S2/c1-2-13-27(24,25)21-16-7-10-22(11-8-16)18(23)20-15-5-3-14(4-6-15)17-19-9-12-26-17/h3-6,9,12,16,21H,2,7-8,10-11,13H2,1H3,(H,20,23). The number of sulfonamides is 1. The number of anilines is 1. The highest BCUT2D eigenvalue weighted by molar-refractivity contribution is 7.89. The lowest BCUT2D eigenvalue weighted by molar-refractivity contribution is 0.193. The third-order valence-corrected chi connectivity index (χ3v) is 6.88. The number of hydrogen-bond donors (Lipinski definition) is 2. The van der Waals surface area contributed by atoms with E-state index in [0.29, 0.717) is 32.4 Å². The number of nitrogens with zero attached hydrogens (tertiary/aromatic N) is 2. The minimum atomic E-state index is -3.21. The molecular formula is C18H24N4O3S2. The molecule has 7 nitrogen and oxygen atoms in total. The summed E-state index contributed by atoms with van der Waals surface area (Å²) in [5.74, 6) is 0.144. The van der Waals surface area contributed by atoms with E-state index in [4.69, 9.17) is 0 Å². The lowest BCUT2D eigenvalue weighted by Gasteiger charge is -2.32. The monoisotopic (exact) mass is 408 g/mol. The van der Waals surface area contributed by atoms with E-state index in [-0.39, 0.29) is 17.8 Å². The van der Waals surface area contributed by atoms with Gasteiger partial charge in [-0.2, -0.15) is 0 Å². The van der Waals surface area contributed by atoms with Crippen molar-refractivity contribution in [2.75, 3.05) is 24.2 Å². The van der Waals surface area contributed by atoms with Gasteiger partial charge in [0.05, 0.1) is 5.75 Å². The summed E-state index contributed by atoms with van der Waals surface area (Å²) in [6.07, 6.45) is 3.61. The predicted octanol–water partition coefficient (Wildman–Crippen LogP) is 3.14. The van der Waals surface area contributed by atoms with E-state index in [0.717, 1.165) is 16.3 Å². The van der Waals surface area contributed by atoms with Gasteiger partial charge in [0.2, 0.25) is 10.0 Å². The Hall–Kier alpha value is -1.97. The number of hydrogen-bond acceptors (Lipinski definition) is 5. The molecule has 1 saturated heterocycles. The minimum Gasteiger partial charge on any atom is -0.324 e. The molecule has 2 N–H and O–H groups in total. The molecule has 1 fully saturated rings. The number of aromatic nitrogens is 1. The molecule has 3 rings (SSSR count). The van der Waals surface area contributed by atoms with Crippen molar-refractivity contribution < 1.29 is 13.2 Å². The van der Waals surface area contributed by atoms with Crippen LogP contribution in [0.5, 0.6) is 0 Å². The molecule has 0 saturated carbocycles. The van der Waals surface area contributed by atoms with E-state index in [9.17, 15) is 13.2 Å². The van der Waals surface area contributed by atoms with E-state index in [2.05, 4.69) is 15.0 Å². The van der Waals surface area contributed by atoms with Crippen molar-refractivity contribution in [3.63, 3.8) is 0 Å². The largest absolute Gasteiger partial charge is 0.324 e. The van der Waals surface area contributed by atoms with Crippen molar-refractivity contribution in [1.29, 1.82) is 0 Å². The lowest BCUT2D eigenvalue weighted by Crippen LogP contribution is -2.48. The van der Waals surface area contributed by atoms with Crippen LogP contribution in [0.4, 0.5) is 10.5 Å². The first-order valence-corrected chi connectivity index (χ1v) is 11.6. The molecule has 0 bridgehead atoms. The first kappa shape index (κ1) is 19.8. The van der Waals surface area contributed by atoms with Gasteiger partial charge >= 0.3 is 6.03 Å². The molecule has 0 spiro atoms. The van der Waals surface area contributed by atoms with Crippen molar-refractivity contribution >= 4 is 33.1 Å². The summed E-state index contributed by atoms with van der Waals surface area (Å²) in [6.45, 7) is 2.90. The Kier molecular flexibility index (Phi) is 6.46. The topological polar surface area (TPSA) is 91.4 Å². The Bertz CT molecular complexity index is 843. The Morgan fingerprint density at radius 3 is 2.56 bits per heavy atom. The molecule has 2 heterocycles. The van der Waals surface area contributed by atoms with Gasteiger partial charge in [0.15, 0.2) is 0 Å². The number of nitrogens with one attached hydrogen (secondary N) is 2. The van der Waals surface area contributed by atoms with Crippen LogP contribution in [0.1, 0.15) is 26.2 Å². The first-order valence-electron chi connectivity index (χ1n) is 9.02. The van der Waals surface area contributed by atoms with Gasteiger partial charge in [-0.25, -0.2) is 22.9 Å². The van der Waals surface area contributed by atoms with Crippen molar-refractivity contribution in [3.8, 4) is 10.6 Å². The van der Waals surface area contributed by atoms with E-state index in [1.165, 1.54) is 0 Å². The van der Waals surface area contributed by atoms with Gasteiger partial charge in [0, 0.05) is 42.0 Å². The van der Waals surface area contributed by atoms with Crippen LogP contribution in [0.3, 0.4) is 0 Å². The molecule has 2 amide bonds. The number of thiazole rings is 1. The normalized spacial score (nSPS) is 15.7. The summed E-state index contributed by atoms with van der Waals surface area (Å²) in [4.78, 5) is 18.4. The van der Waals surface area contributed by atoms with Gasteiger partial charge in [-0.05, 0) is 43.5 Å². The molecule has 0 radical (unpaired) electrons. The molecular weight excluding hydrogens is 384 g/mol. The quantitative estimate of drug-likeness (QED) is 0.768. The summed E-state index contributed by atoms with van der Waals surface area (Å²) in [7, 11) is -3.21. The van der Waals surface area contributed by atoms with Crippen LogP contribution in [0.25, 0.3) is 10.6 Å². The Morgan fingerprint density at radius 2 is 1.96 bits per heavy atom. The number of carbonyl (C=O) groups is 1. The second-order valence-corrected chi connectivity index (χ2v) is 9.31. The van der Waals surface area contributed by atoms with Crippen molar-refractivity contribution in [2.45, 2.75) is 32.2 Å².